The predicted molar refractivity (Wildman–Crippen MR) is 69.5 cm³/mol. The Morgan fingerprint density at radius 1 is 1.22 bits per heavy atom. The Kier molecular flexibility index (Phi) is 4.50. The molecule has 1 aromatic rings. The Morgan fingerprint density at radius 2 is 1.83 bits per heavy atom. The lowest BCUT2D eigenvalue weighted by atomic mass is 9.82. The van der Waals surface area contributed by atoms with E-state index in [1.807, 2.05) is 24.3 Å². The average Bonchev–Trinajstić information content (AvgIpc) is 2.47. The summed E-state index contributed by atoms with van der Waals surface area (Å²) >= 11 is 0. The normalized spacial score (nSPS) is 23.9. The molecule has 0 amide bonds. The van der Waals surface area contributed by atoms with Crippen LogP contribution < -0.4 is 0 Å². The maximum absolute atomic E-state index is 12.3. The lowest BCUT2D eigenvalue weighted by Crippen LogP contribution is -2.25. The molecule has 0 saturated heterocycles. The number of ether oxygens (including phenoxy) is 1. The van der Waals surface area contributed by atoms with Crippen LogP contribution in [0.1, 0.15) is 41.6 Å². The highest BCUT2D eigenvalue weighted by molar-refractivity contribution is 5.97. The Labute approximate surface area is 108 Å². The van der Waals surface area contributed by atoms with E-state index in [0.717, 1.165) is 36.8 Å². The topological polar surface area (TPSA) is 46.5 Å². The molecule has 0 spiro atoms. The van der Waals surface area contributed by atoms with Crippen LogP contribution in [0.5, 0.6) is 0 Å². The fourth-order valence-electron chi connectivity index (χ4n) is 2.57. The van der Waals surface area contributed by atoms with Crippen LogP contribution >= 0.6 is 0 Å². The number of rotatable bonds is 4. The highest BCUT2D eigenvalue weighted by atomic mass is 16.5. The van der Waals surface area contributed by atoms with Crippen LogP contribution in [0.4, 0.5) is 0 Å². The minimum atomic E-state index is 0.0212. The van der Waals surface area contributed by atoms with Crippen molar-refractivity contribution in [1.29, 1.82) is 0 Å². The van der Waals surface area contributed by atoms with Gasteiger partial charge in [-0.1, -0.05) is 24.3 Å². The first kappa shape index (κ1) is 13.2. The molecule has 0 aliphatic heterocycles. The quantitative estimate of drug-likeness (QED) is 0.833. The average molecular weight is 248 g/mol. The third-order valence-corrected chi connectivity index (χ3v) is 3.80. The lowest BCUT2D eigenvalue weighted by Gasteiger charge is -2.26. The van der Waals surface area contributed by atoms with E-state index < -0.39 is 0 Å². The first-order valence-corrected chi connectivity index (χ1v) is 6.51. The van der Waals surface area contributed by atoms with E-state index in [4.69, 9.17) is 9.84 Å². The zero-order valence-electron chi connectivity index (χ0n) is 10.8. The summed E-state index contributed by atoms with van der Waals surface area (Å²) in [5.74, 6) is 0.366. The molecular weight excluding hydrogens is 228 g/mol. The van der Waals surface area contributed by atoms with Crippen molar-refractivity contribution in [2.45, 2.75) is 38.4 Å². The van der Waals surface area contributed by atoms with Crippen molar-refractivity contribution in [3.8, 4) is 0 Å². The van der Waals surface area contributed by atoms with Crippen LogP contribution in [0.25, 0.3) is 0 Å². The van der Waals surface area contributed by atoms with Crippen LogP contribution in [0.2, 0.25) is 0 Å². The molecule has 3 nitrogen and oxygen atoms in total. The van der Waals surface area contributed by atoms with Gasteiger partial charge in [-0.3, -0.25) is 4.79 Å². The lowest BCUT2D eigenvalue weighted by molar-refractivity contribution is 0.0519. The maximum Gasteiger partial charge on any atom is 0.165 e. The van der Waals surface area contributed by atoms with Gasteiger partial charge in [0.25, 0.3) is 0 Å². The Morgan fingerprint density at radius 3 is 2.33 bits per heavy atom. The number of ketones is 1. The summed E-state index contributed by atoms with van der Waals surface area (Å²) in [6.07, 6.45) is 4.10. The number of benzene rings is 1. The molecule has 1 aliphatic carbocycles. The summed E-state index contributed by atoms with van der Waals surface area (Å²) in [6.45, 7) is 0.0212. The summed E-state index contributed by atoms with van der Waals surface area (Å²) in [5.41, 5.74) is 1.60. The first-order valence-electron chi connectivity index (χ1n) is 6.51. The molecule has 0 atom stereocenters. The number of carbonyl (C=O) groups excluding carboxylic acids is 1. The SMILES string of the molecule is COC1CCC(C(=O)c2ccc(CO)cc2)CC1. The fraction of sp³-hybridized carbons (Fsp3) is 0.533. The van der Waals surface area contributed by atoms with Gasteiger partial charge in [-0.15, -0.1) is 0 Å². The van der Waals surface area contributed by atoms with Crippen molar-refractivity contribution < 1.29 is 14.6 Å². The van der Waals surface area contributed by atoms with E-state index in [9.17, 15) is 4.79 Å². The molecule has 0 heterocycles. The molecule has 1 saturated carbocycles. The second kappa shape index (κ2) is 6.12. The van der Waals surface area contributed by atoms with Crippen LogP contribution in [0, 0.1) is 5.92 Å². The first-order chi connectivity index (χ1) is 8.74. The van der Waals surface area contributed by atoms with E-state index in [1.165, 1.54) is 0 Å². The number of hydrogen-bond acceptors (Lipinski definition) is 3. The largest absolute Gasteiger partial charge is 0.392 e. The van der Waals surface area contributed by atoms with Crippen molar-refractivity contribution >= 4 is 5.78 Å². The minimum absolute atomic E-state index is 0.0212. The Hall–Kier alpha value is -1.19. The monoisotopic (exact) mass is 248 g/mol. The number of carbonyl (C=O) groups is 1. The molecule has 0 radical (unpaired) electrons. The van der Waals surface area contributed by atoms with Gasteiger partial charge >= 0.3 is 0 Å². The Balaban J connectivity index is 1.98. The van der Waals surface area contributed by atoms with E-state index in [1.54, 1.807) is 7.11 Å². The van der Waals surface area contributed by atoms with E-state index >= 15 is 0 Å². The van der Waals surface area contributed by atoms with Gasteiger partial charge in [-0.2, -0.15) is 0 Å². The molecule has 0 bridgehead atoms. The van der Waals surface area contributed by atoms with Crippen molar-refractivity contribution in [2.24, 2.45) is 5.92 Å². The van der Waals surface area contributed by atoms with Crippen molar-refractivity contribution in [1.82, 2.24) is 0 Å². The zero-order valence-corrected chi connectivity index (χ0v) is 10.8. The molecule has 1 fully saturated rings. The van der Waals surface area contributed by atoms with Gasteiger partial charge in [0.15, 0.2) is 5.78 Å². The fourth-order valence-corrected chi connectivity index (χ4v) is 2.57. The highest BCUT2D eigenvalue weighted by Gasteiger charge is 2.26. The van der Waals surface area contributed by atoms with Crippen LogP contribution in [-0.2, 0) is 11.3 Å². The molecule has 1 aliphatic rings. The van der Waals surface area contributed by atoms with Crippen molar-refractivity contribution in [2.75, 3.05) is 7.11 Å². The second-order valence-corrected chi connectivity index (χ2v) is 4.93. The molecule has 1 aromatic carbocycles. The van der Waals surface area contributed by atoms with Crippen LogP contribution in [-0.4, -0.2) is 24.1 Å². The smallest absolute Gasteiger partial charge is 0.165 e. The molecule has 98 valence electrons. The standard InChI is InChI=1S/C15H20O3/c1-18-14-8-6-13(7-9-14)15(17)12-4-2-11(10-16)3-5-12/h2-5,13-14,16H,6-10H2,1H3. The summed E-state index contributed by atoms with van der Waals surface area (Å²) in [5, 5.41) is 8.97. The molecule has 2 rings (SSSR count). The summed E-state index contributed by atoms with van der Waals surface area (Å²) in [7, 11) is 1.74. The van der Waals surface area contributed by atoms with Crippen LogP contribution in [0.3, 0.4) is 0 Å². The highest BCUT2D eigenvalue weighted by Crippen LogP contribution is 2.28. The number of aliphatic hydroxyl groups excluding tert-OH is 1. The predicted octanol–water partition coefficient (Wildman–Crippen LogP) is 2.57. The summed E-state index contributed by atoms with van der Waals surface area (Å²) in [4.78, 5) is 12.3. The number of methoxy groups -OCH3 is 1. The van der Waals surface area contributed by atoms with Gasteiger partial charge < -0.3 is 9.84 Å². The summed E-state index contributed by atoms with van der Waals surface area (Å²) in [6, 6.07) is 7.26. The van der Waals surface area contributed by atoms with E-state index in [-0.39, 0.29) is 18.3 Å². The zero-order chi connectivity index (χ0) is 13.0. The van der Waals surface area contributed by atoms with Crippen molar-refractivity contribution in [3.63, 3.8) is 0 Å². The molecule has 0 unspecified atom stereocenters. The van der Waals surface area contributed by atoms with Gasteiger partial charge in [-0.05, 0) is 31.2 Å². The molecule has 3 heteroatoms. The molecular formula is C15H20O3. The number of hydrogen-bond donors (Lipinski definition) is 1. The number of Topliss-reactive ketones (excluding diaryl/α,β-unsaturated/α-hetero) is 1. The van der Waals surface area contributed by atoms with E-state index in [2.05, 4.69) is 0 Å². The van der Waals surface area contributed by atoms with Gasteiger partial charge in [0.2, 0.25) is 0 Å². The number of aliphatic hydroxyl groups is 1. The Bertz CT molecular complexity index is 389. The van der Waals surface area contributed by atoms with Gasteiger partial charge in [0.05, 0.1) is 12.7 Å². The minimum Gasteiger partial charge on any atom is -0.392 e. The maximum atomic E-state index is 12.3. The van der Waals surface area contributed by atoms with E-state index in [0.29, 0.717) is 6.10 Å². The third-order valence-electron chi connectivity index (χ3n) is 3.80. The molecule has 18 heavy (non-hydrogen) atoms. The van der Waals surface area contributed by atoms with Crippen LogP contribution in [0.15, 0.2) is 24.3 Å². The molecule has 1 N–H and O–H groups in total. The second-order valence-electron chi connectivity index (χ2n) is 4.93. The third kappa shape index (κ3) is 2.98. The van der Waals surface area contributed by atoms with Gasteiger partial charge in [0, 0.05) is 18.6 Å². The van der Waals surface area contributed by atoms with Gasteiger partial charge in [0.1, 0.15) is 0 Å². The molecule has 0 aromatic heterocycles. The van der Waals surface area contributed by atoms with Gasteiger partial charge in [-0.25, -0.2) is 0 Å². The van der Waals surface area contributed by atoms with Crippen molar-refractivity contribution in [3.05, 3.63) is 35.4 Å². The summed E-state index contributed by atoms with van der Waals surface area (Å²) < 4.78 is 5.32.